The molecule has 0 spiro atoms. The fraction of sp³-hybridized carbons (Fsp3) is 0.400. The zero-order valence-corrected chi connectivity index (χ0v) is 9.51. The van der Waals surface area contributed by atoms with Gasteiger partial charge in [0.25, 0.3) is 0 Å². The molecule has 0 aliphatic rings. The van der Waals surface area contributed by atoms with Crippen molar-refractivity contribution in [1.29, 1.82) is 0 Å². The average molecular weight is 228 g/mol. The standard InChI is InChI=1S/C10H14ClN3O/c1-7(2)13-6-10(15)14-9-5-12-4-3-8(9)11/h3-5,7,13H,6H2,1-2H3,(H,14,15). The predicted molar refractivity (Wildman–Crippen MR) is 61.0 cm³/mol. The van der Waals surface area contributed by atoms with Gasteiger partial charge < -0.3 is 10.6 Å². The van der Waals surface area contributed by atoms with Crippen molar-refractivity contribution in [2.45, 2.75) is 19.9 Å². The molecule has 0 aromatic carbocycles. The molecule has 0 atom stereocenters. The molecular formula is C10H14ClN3O. The van der Waals surface area contributed by atoms with Crippen LogP contribution in [0.25, 0.3) is 0 Å². The van der Waals surface area contributed by atoms with Gasteiger partial charge in [0.2, 0.25) is 5.91 Å². The minimum atomic E-state index is -0.126. The topological polar surface area (TPSA) is 54.0 Å². The highest BCUT2D eigenvalue weighted by atomic mass is 35.5. The zero-order chi connectivity index (χ0) is 11.3. The van der Waals surface area contributed by atoms with E-state index in [9.17, 15) is 4.79 Å². The van der Waals surface area contributed by atoms with Gasteiger partial charge in [-0.1, -0.05) is 25.4 Å². The van der Waals surface area contributed by atoms with Gasteiger partial charge in [0, 0.05) is 12.2 Å². The van der Waals surface area contributed by atoms with Gasteiger partial charge in [-0.15, -0.1) is 0 Å². The second kappa shape index (κ2) is 5.68. The Bertz CT molecular complexity index is 341. The SMILES string of the molecule is CC(C)NCC(=O)Nc1cnccc1Cl. The van der Waals surface area contributed by atoms with E-state index in [1.807, 2.05) is 13.8 Å². The Balaban J connectivity index is 2.48. The number of nitrogens with one attached hydrogen (secondary N) is 2. The first kappa shape index (κ1) is 11.9. The number of hydrogen-bond acceptors (Lipinski definition) is 3. The number of pyridine rings is 1. The number of carbonyl (C=O) groups is 1. The first-order valence-corrected chi connectivity index (χ1v) is 5.10. The van der Waals surface area contributed by atoms with Crippen LogP contribution in [-0.2, 0) is 4.79 Å². The molecule has 0 aliphatic heterocycles. The molecule has 0 radical (unpaired) electrons. The summed E-state index contributed by atoms with van der Waals surface area (Å²) in [6.45, 7) is 4.22. The minimum Gasteiger partial charge on any atom is -0.322 e. The molecule has 5 heteroatoms. The van der Waals surface area contributed by atoms with Crippen LogP contribution in [0.1, 0.15) is 13.8 Å². The van der Waals surface area contributed by atoms with Gasteiger partial charge in [-0.2, -0.15) is 0 Å². The van der Waals surface area contributed by atoms with Crippen LogP contribution in [0.5, 0.6) is 0 Å². The summed E-state index contributed by atoms with van der Waals surface area (Å²) in [5, 5.41) is 6.17. The van der Waals surface area contributed by atoms with E-state index in [0.29, 0.717) is 10.7 Å². The second-order valence-electron chi connectivity index (χ2n) is 3.44. The summed E-state index contributed by atoms with van der Waals surface area (Å²) in [5.41, 5.74) is 0.537. The largest absolute Gasteiger partial charge is 0.322 e. The van der Waals surface area contributed by atoms with E-state index in [2.05, 4.69) is 15.6 Å². The molecule has 0 saturated carbocycles. The Morgan fingerprint density at radius 1 is 1.60 bits per heavy atom. The van der Waals surface area contributed by atoms with Crippen molar-refractivity contribution in [3.05, 3.63) is 23.5 Å². The molecule has 0 unspecified atom stereocenters. The molecule has 0 fully saturated rings. The lowest BCUT2D eigenvalue weighted by Gasteiger charge is -2.09. The van der Waals surface area contributed by atoms with E-state index in [1.54, 1.807) is 12.3 Å². The summed E-state index contributed by atoms with van der Waals surface area (Å²) in [6.07, 6.45) is 3.10. The van der Waals surface area contributed by atoms with Gasteiger partial charge in [0.1, 0.15) is 0 Å². The van der Waals surface area contributed by atoms with Crippen LogP contribution in [0, 0.1) is 0 Å². The number of anilines is 1. The maximum Gasteiger partial charge on any atom is 0.238 e. The predicted octanol–water partition coefficient (Wildman–Crippen LogP) is 1.67. The Morgan fingerprint density at radius 2 is 2.33 bits per heavy atom. The molecule has 4 nitrogen and oxygen atoms in total. The van der Waals surface area contributed by atoms with Crippen LogP contribution in [0.4, 0.5) is 5.69 Å². The Hall–Kier alpha value is -1.13. The molecular weight excluding hydrogens is 214 g/mol. The first-order chi connectivity index (χ1) is 7.09. The second-order valence-corrected chi connectivity index (χ2v) is 3.85. The molecule has 1 aromatic heterocycles. The zero-order valence-electron chi connectivity index (χ0n) is 8.75. The van der Waals surface area contributed by atoms with Crippen LogP contribution < -0.4 is 10.6 Å². The van der Waals surface area contributed by atoms with Crippen LogP contribution in [0.15, 0.2) is 18.5 Å². The van der Waals surface area contributed by atoms with E-state index in [-0.39, 0.29) is 18.5 Å². The summed E-state index contributed by atoms with van der Waals surface area (Å²) in [5.74, 6) is -0.126. The highest BCUT2D eigenvalue weighted by Gasteiger charge is 2.05. The number of amides is 1. The molecule has 2 N–H and O–H groups in total. The highest BCUT2D eigenvalue weighted by Crippen LogP contribution is 2.18. The van der Waals surface area contributed by atoms with E-state index >= 15 is 0 Å². The molecule has 82 valence electrons. The Morgan fingerprint density at radius 3 is 2.93 bits per heavy atom. The monoisotopic (exact) mass is 227 g/mol. The molecule has 15 heavy (non-hydrogen) atoms. The van der Waals surface area contributed by atoms with Gasteiger partial charge in [0.05, 0.1) is 23.5 Å². The van der Waals surface area contributed by atoms with E-state index in [1.165, 1.54) is 6.20 Å². The smallest absolute Gasteiger partial charge is 0.238 e. The quantitative estimate of drug-likeness (QED) is 0.823. The van der Waals surface area contributed by atoms with Gasteiger partial charge >= 0.3 is 0 Å². The number of aromatic nitrogens is 1. The van der Waals surface area contributed by atoms with Gasteiger partial charge in [-0.3, -0.25) is 9.78 Å². The van der Waals surface area contributed by atoms with Crippen molar-refractivity contribution in [1.82, 2.24) is 10.3 Å². The van der Waals surface area contributed by atoms with Crippen LogP contribution >= 0.6 is 11.6 Å². The van der Waals surface area contributed by atoms with Crippen molar-refractivity contribution in [2.75, 3.05) is 11.9 Å². The molecule has 0 saturated heterocycles. The van der Waals surface area contributed by atoms with Crippen molar-refractivity contribution >= 4 is 23.2 Å². The third kappa shape index (κ3) is 4.27. The molecule has 0 bridgehead atoms. The van der Waals surface area contributed by atoms with Crippen molar-refractivity contribution < 1.29 is 4.79 Å². The lowest BCUT2D eigenvalue weighted by molar-refractivity contribution is -0.115. The average Bonchev–Trinajstić information content (AvgIpc) is 2.18. The third-order valence-corrected chi connectivity index (χ3v) is 2.04. The fourth-order valence-electron chi connectivity index (χ4n) is 0.961. The maximum atomic E-state index is 11.4. The summed E-state index contributed by atoms with van der Waals surface area (Å²) in [7, 11) is 0. The van der Waals surface area contributed by atoms with Crippen LogP contribution in [-0.4, -0.2) is 23.5 Å². The van der Waals surface area contributed by atoms with Gasteiger partial charge in [0.15, 0.2) is 0 Å². The normalized spacial score (nSPS) is 10.4. The van der Waals surface area contributed by atoms with Crippen molar-refractivity contribution in [2.24, 2.45) is 0 Å². The van der Waals surface area contributed by atoms with Crippen molar-refractivity contribution in [3.8, 4) is 0 Å². The molecule has 1 heterocycles. The first-order valence-electron chi connectivity index (χ1n) is 4.72. The molecule has 1 rings (SSSR count). The van der Waals surface area contributed by atoms with E-state index in [4.69, 9.17) is 11.6 Å². The lowest BCUT2D eigenvalue weighted by atomic mass is 10.3. The molecule has 1 aromatic rings. The van der Waals surface area contributed by atoms with Crippen LogP contribution in [0.2, 0.25) is 5.02 Å². The Kier molecular flexibility index (Phi) is 4.52. The highest BCUT2D eigenvalue weighted by molar-refractivity contribution is 6.33. The van der Waals surface area contributed by atoms with E-state index < -0.39 is 0 Å². The number of carbonyl (C=O) groups excluding carboxylic acids is 1. The fourth-order valence-corrected chi connectivity index (χ4v) is 1.11. The van der Waals surface area contributed by atoms with E-state index in [0.717, 1.165) is 0 Å². The summed E-state index contributed by atoms with van der Waals surface area (Å²) in [4.78, 5) is 15.3. The molecule has 1 amide bonds. The lowest BCUT2D eigenvalue weighted by Crippen LogP contribution is -2.32. The third-order valence-electron chi connectivity index (χ3n) is 1.71. The number of hydrogen-bond donors (Lipinski definition) is 2. The van der Waals surface area contributed by atoms with Crippen molar-refractivity contribution in [3.63, 3.8) is 0 Å². The van der Waals surface area contributed by atoms with Gasteiger partial charge in [-0.05, 0) is 6.07 Å². The summed E-state index contributed by atoms with van der Waals surface area (Å²) < 4.78 is 0. The summed E-state index contributed by atoms with van der Waals surface area (Å²) >= 11 is 5.86. The minimum absolute atomic E-state index is 0.126. The van der Waals surface area contributed by atoms with Crippen LogP contribution in [0.3, 0.4) is 0 Å². The Labute approximate surface area is 94.0 Å². The number of rotatable bonds is 4. The summed E-state index contributed by atoms with van der Waals surface area (Å²) in [6, 6.07) is 1.91. The number of halogens is 1. The maximum absolute atomic E-state index is 11.4. The number of nitrogens with zero attached hydrogens (tertiary/aromatic N) is 1. The van der Waals surface area contributed by atoms with Gasteiger partial charge in [-0.25, -0.2) is 0 Å². The molecule has 0 aliphatic carbocycles.